The van der Waals surface area contributed by atoms with Gasteiger partial charge >= 0.3 is 0 Å². The summed E-state index contributed by atoms with van der Waals surface area (Å²) in [4.78, 5) is 0. The van der Waals surface area contributed by atoms with Crippen molar-refractivity contribution in [1.29, 1.82) is 0 Å². The predicted molar refractivity (Wildman–Crippen MR) is 68.1 cm³/mol. The summed E-state index contributed by atoms with van der Waals surface area (Å²) in [7, 11) is 1.59. The van der Waals surface area contributed by atoms with E-state index in [-0.39, 0.29) is 0 Å². The number of hydrogen-bond acceptors (Lipinski definition) is 1. The molecule has 0 aliphatic heterocycles. The summed E-state index contributed by atoms with van der Waals surface area (Å²) >= 11 is 0. The Bertz CT molecular complexity index is 164. The molecule has 0 bridgehead atoms. The average Bonchev–Trinajstić information content (AvgIpc) is 2.22. The zero-order chi connectivity index (χ0) is 12.3. The molecule has 0 aromatic rings. The Morgan fingerprint density at radius 3 is 2.25 bits per heavy atom. The van der Waals surface area contributed by atoms with Crippen LogP contribution >= 0.6 is 0 Å². The fourth-order valence-electron chi connectivity index (χ4n) is 1.87. The first-order chi connectivity index (χ1) is 7.62. The molecule has 2 heteroatoms. The lowest BCUT2D eigenvalue weighted by atomic mass is 9.98. The molecule has 0 heterocycles. The summed E-state index contributed by atoms with van der Waals surface area (Å²) in [5.41, 5.74) is -0.891. The lowest BCUT2D eigenvalue weighted by Gasteiger charge is -2.18. The normalized spacial score (nSPS) is 14.7. The van der Waals surface area contributed by atoms with Crippen LogP contribution in [0.25, 0.3) is 0 Å². The lowest BCUT2D eigenvalue weighted by Crippen LogP contribution is -2.28. The van der Waals surface area contributed by atoms with Gasteiger partial charge < -0.3 is 4.74 Å². The van der Waals surface area contributed by atoms with E-state index in [0.717, 1.165) is 19.3 Å². The van der Waals surface area contributed by atoms with Gasteiger partial charge in [-0.25, -0.2) is 5.11 Å². The van der Waals surface area contributed by atoms with E-state index in [9.17, 15) is 5.11 Å². The van der Waals surface area contributed by atoms with E-state index < -0.39 is 5.60 Å². The molecule has 0 aromatic carbocycles. The highest BCUT2D eigenvalue weighted by atomic mass is 16.5. The Kier molecular flexibility index (Phi) is 9.65. The van der Waals surface area contributed by atoms with Gasteiger partial charge in [0.1, 0.15) is 5.60 Å². The molecule has 0 fully saturated rings. The van der Waals surface area contributed by atoms with Gasteiger partial charge in [0.15, 0.2) is 0 Å². The zero-order valence-electron chi connectivity index (χ0n) is 11.0. The molecule has 0 saturated carbocycles. The number of rotatable bonds is 11. The Morgan fingerprint density at radius 2 is 1.69 bits per heavy atom. The standard InChI is InChI=1S/C14H27O2/c1-4-5-6-7-8-9-10-11-12-14(2,15)13-16-3/h4H,1,5-13H2,2-3H3. The highest BCUT2D eigenvalue weighted by molar-refractivity contribution is 4.71. The molecule has 0 spiro atoms. The van der Waals surface area contributed by atoms with Crippen molar-refractivity contribution >= 4 is 0 Å². The van der Waals surface area contributed by atoms with Gasteiger partial charge in [0.2, 0.25) is 0 Å². The molecule has 0 amide bonds. The molecule has 0 aliphatic rings. The van der Waals surface area contributed by atoms with E-state index in [0.29, 0.717) is 6.61 Å². The number of unbranched alkanes of at least 4 members (excludes halogenated alkanes) is 6. The molecule has 95 valence electrons. The van der Waals surface area contributed by atoms with E-state index in [4.69, 9.17) is 4.74 Å². The molecule has 0 aliphatic carbocycles. The number of hydrogen-bond donors (Lipinski definition) is 0. The highest BCUT2D eigenvalue weighted by Gasteiger charge is 2.21. The molecule has 1 unspecified atom stereocenters. The van der Waals surface area contributed by atoms with E-state index in [1.807, 2.05) is 6.08 Å². The van der Waals surface area contributed by atoms with E-state index >= 15 is 0 Å². The first kappa shape index (κ1) is 15.7. The summed E-state index contributed by atoms with van der Waals surface area (Å²) in [5, 5.41) is 11.7. The van der Waals surface area contributed by atoms with Crippen molar-refractivity contribution < 1.29 is 9.84 Å². The minimum absolute atomic E-state index is 0.326. The Balaban J connectivity index is 3.23. The van der Waals surface area contributed by atoms with Gasteiger partial charge in [-0.15, -0.1) is 6.58 Å². The molecule has 0 saturated heterocycles. The summed E-state index contributed by atoms with van der Waals surface area (Å²) in [6, 6.07) is 0. The minimum atomic E-state index is -0.891. The topological polar surface area (TPSA) is 29.1 Å². The number of methoxy groups -OCH3 is 1. The van der Waals surface area contributed by atoms with Gasteiger partial charge in [-0.3, -0.25) is 0 Å². The molecule has 1 atom stereocenters. The quantitative estimate of drug-likeness (QED) is 0.385. The minimum Gasteiger partial charge on any atom is -0.382 e. The summed E-state index contributed by atoms with van der Waals surface area (Å²) < 4.78 is 4.91. The summed E-state index contributed by atoms with van der Waals surface area (Å²) in [5.74, 6) is 0. The second-order valence-corrected chi connectivity index (χ2v) is 4.83. The van der Waals surface area contributed by atoms with Crippen LogP contribution < -0.4 is 0 Å². The van der Waals surface area contributed by atoms with Crippen LogP contribution in [-0.4, -0.2) is 19.3 Å². The molecule has 1 radical (unpaired) electrons. The van der Waals surface area contributed by atoms with E-state index in [2.05, 4.69) is 6.58 Å². The van der Waals surface area contributed by atoms with Crippen molar-refractivity contribution in [3.05, 3.63) is 12.7 Å². The van der Waals surface area contributed by atoms with E-state index in [1.165, 1.54) is 32.1 Å². The van der Waals surface area contributed by atoms with Crippen molar-refractivity contribution in [2.24, 2.45) is 0 Å². The van der Waals surface area contributed by atoms with E-state index in [1.54, 1.807) is 14.0 Å². The van der Waals surface area contributed by atoms with Gasteiger partial charge in [0.25, 0.3) is 0 Å². The Hall–Kier alpha value is -0.340. The lowest BCUT2D eigenvalue weighted by molar-refractivity contribution is -0.0741. The first-order valence-corrected chi connectivity index (χ1v) is 6.42. The van der Waals surface area contributed by atoms with Crippen LogP contribution in [0.4, 0.5) is 0 Å². The van der Waals surface area contributed by atoms with Gasteiger partial charge in [0.05, 0.1) is 6.61 Å². The van der Waals surface area contributed by atoms with Crippen molar-refractivity contribution in [3.8, 4) is 0 Å². The van der Waals surface area contributed by atoms with Crippen molar-refractivity contribution in [1.82, 2.24) is 0 Å². The van der Waals surface area contributed by atoms with Crippen LogP contribution in [0, 0.1) is 0 Å². The third kappa shape index (κ3) is 10.2. The average molecular weight is 227 g/mol. The van der Waals surface area contributed by atoms with Crippen LogP contribution in [-0.2, 0) is 9.84 Å². The van der Waals surface area contributed by atoms with Gasteiger partial charge in [-0.05, 0) is 26.2 Å². The maximum atomic E-state index is 11.7. The smallest absolute Gasteiger partial charge is 0.124 e. The SMILES string of the molecule is C=CCCCCCCCCC(C)([O])COC. The fourth-order valence-corrected chi connectivity index (χ4v) is 1.87. The Morgan fingerprint density at radius 1 is 1.12 bits per heavy atom. The molecule has 0 rings (SSSR count). The second kappa shape index (κ2) is 9.86. The Labute approximate surface area is 101 Å². The maximum absolute atomic E-state index is 11.7. The van der Waals surface area contributed by atoms with Gasteiger partial charge in [0, 0.05) is 7.11 Å². The maximum Gasteiger partial charge on any atom is 0.124 e. The van der Waals surface area contributed by atoms with Gasteiger partial charge in [-0.1, -0.05) is 38.2 Å². The molecular weight excluding hydrogens is 200 g/mol. The predicted octanol–water partition coefficient (Wildman–Crippen LogP) is 4.13. The molecule has 16 heavy (non-hydrogen) atoms. The van der Waals surface area contributed by atoms with Crippen LogP contribution in [0.15, 0.2) is 12.7 Å². The summed E-state index contributed by atoms with van der Waals surface area (Å²) in [6.45, 7) is 5.77. The number of ether oxygens (including phenoxy) is 1. The molecule has 0 aromatic heterocycles. The fraction of sp³-hybridized carbons (Fsp3) is 0.857. The van der Waals surface area contributed by atoms with Crippen molar-refractivity contribution in [2.45, 2.75) is 63.9 Å². The second-order valence-electron chi connectivity index (χ2n) is 4.83. The van der Waals surface area contributed by atoms with Gasteiger partial charge in [-0.2, -0.15) is 0 Å². The first-order valence-electron chi connectivity index (χ1n) is 6.42. The highest BCUT2D eigenvalue weighted by Crippen LogP contribution is 2.16. The van der Waals surface area contributed by atoms with Crippen LogP contribution in [0.3, 0.4) is 0 Å². The number of allylic oxidation sites excluding steroid dienone is 1. The third-order valence-corrected chi connectivity index (χ3v) is 2.81. The van der Waals surface area contributed by atoms with Crippen LogP contribution in [0.1, 0.15) is 58.3 Å². The van der Waals surface area contributed by atoms with Crippen molar-refractivity contribution in [3.63, 3.8) is 0 Å². The molecular formula is C14H27O2. The largest absolute Gasteiger partial charge is 0.382 e. The zero-order valence-corrected chi connectivity index (χ0v) is 11.0. The molecule has 0 N–H and O–H groups in total. The third-order valence-electron chi connectivity index (χ3n) is 2.81. The monoisotopic (exact) mass is 227 g/mol. The molecule has 2 nitrogen and oxygen atoms in total. The van der Waals surface area contributed by atoms with Crippen molar-refractivity contribution in [2.75, 3.05) is 13.7 Å². The van der Waals surface area contributed by atoms with Crippen LogP contribution in [0.2, 0.25) is 0 Å². The summed E-state index contributed by atoms with van der Waals surface area (Å²) in [6.07, 6.45) is 11.1. The van der Waals surface area contributed by atoms with Crippen LogP contribution in [0.5, 0.6) is 0 Å².